The summed E-state index contributed by atoms with van der Waals surface area (Å²) in [5.41, 5.74) is 3.14. The predicted molar refractivity (Wildman–Crippen MR) is 76.7 cm³/mol. The third-order valence-corrected chi connectivity index (χ3v) is 3.80. The van der Waals surface area contributed by atoms with E-state index in [1.807, 2.05) is 13.1 Å². The average molecular weight is 343 g/mol. The highest BCUT2D eigenvalue weighted by Crippen LogP contribution is 2.33. The maximum Gasteiger partial charge on any atom is 0.127 e. The first-order valence-electron chi connectivity index (χ1n) is 6.11. The van der Waals surface area contributed by atoms with E-state index in [9.17, 15) is 0 Å². The van der Waals surface area contributed by atoms with Gasteiger partial charge >= 0.3 is 0 Å². The van der Waals surface area contributed by atoms with Crippen LogP contribution in [-0.2, 0) is 13.0 Å². The van der Waals surface area contributed by atoms with Crippen molar-refractivity contribution in [2.24, 2.45) is 0 Å². The van der Waals surface area contributed by atoms with Crippen LogP contribution in [-0.4, -0.2) is 21.6 Å². The number of rotatable bonds is 3. The van der Waals surface area contributed by atoms with Crippen LogP contribution >= 0.6 is 27.5 Å². The number of fused-ring (bicyclic) bond motifs is 1. The largest absolute Gasteiger partial charge is 0.493 e. The summed E-state index contributed by atoms with van der Waals surface area (Å²) in [7, 11) is 0. The molecule has 1 aromatic carbocycles. The molecular formula is C13H13BrClN3O. The lowest BCUT2D eigenvalue weighted by Gasteiger charge is -2.08. The number of hydrogen-bond donors (Lipinski definition) is 0. The van der Waals surface area contributed by atoms with Gasteiger partial charge in [0.1, 0.15) is 11.4 Å². The van der Waals surface area contributed by atoms with Crippen molar-refractivity contribution in [1.29, 1.82) is 0 Å². The molecule has 1 atom stereocenters. The average Bonchev–Trinajstić information content (AvgIpc) is 2.96. The third-order valence-electron chi connectivity index (χ3n) is 3.12. The first-order chi connectivity index (χ1) is 9.13. The van der Waals surface area contributed by atoms with Gasteiger partial charge in [-0.1, -0.05) is 21.1 Å². The molecule has 0 fully saturated rings. The van der Waals surface area contributed by atoms with Gasteiger partial charge in [0.2, 0.25) is 0 Å². The van der Waals surface area contributed by atoms with Crippen molar-refractivity contribution >= 4 is 27.5 Å². The second-order valence-corrected chi connectivity index (χ2v) is 6.18. The van der Waals surface area contributed by atoms with Crippen LogP contribution in [0.4, 0.5) is 0 Å². The van der Waals surface area contributed by atoms with Crippen molar-refractivity contribution in [1.82, 2.24) is 15.0 Å². The predicted octanol–water partition coefficient (Wildman–Crippen LogP) is 3.32. The minimum Gasteiger partial charge on any atom is -0.493 e. The molecule has 1 aromatic heterocycles. The molecule has 0 amide bonds. The summed E-state index contributed by atoms with van der Waals surface area (Å²) in [6.07, 6.45) is 2.84. The van der Waals surface area contributed by atoms with Crippen LogP contribution in [0.1, 0.15) is 29.1 Å². The van der Waals surface area contributed by atoms with Crippen LogP contribution in [0.15, 0.2) is 22.8 Å². The van der Waals surface area contributed by atoms with E-state index in [0.29, 0.717) is 6.54 Å². The molecule has 0 saturated carbocycles. The van der Waals surface area contributed by atoms with Crippen LogP contribution in [0.2, 0.25) is 0 Å². The SMILES string of the molecule is CC(Cl)c1cn(Cc2cc(Br)cc3c2OCC3)nn1. The molecule has 0 spiro atoms. The topological polar surface area (TPSA) is 39.9 Å². The summed E-state index contributed by atoms with van der Waals surface area (Å²) >= 11 is 9.53. The summed E-state index contributed by atoms with van der Waals surface area (Å²) in [5.74, 6) is 0.985. The van der Waals surface area contributed by atoms with Gasteiger partial charge in [-0.15, -0.1) is 16.7 Å². The molecule has 0 N–H and O–H groups in total. The van der Waals surface area contributed by atoms with Gasteiger partial charge in [-0.05, 0) is 24.6 Å². The lowest BCUT2D eigenvalue weighted by molar-refractivity contribution is 0.352. The molecule has 1 unspecified atom stereocenters. The van der Waals surface area contributed by atoms with Crippen molar-refractivity contribution in [2.75, 3.05) is 6.61 Å². The molecule has 2 heterocycles. The summed E-state index contributed by atoms with van der Waals surface area (Å²) in [4.78, 5) is 0. The highest BCUT2D eigenvalue weighted by molar-refractivity contribution is 9.10. The van der Waals surface area contributed by atoms with E-state index in [2.05, 4.69) is 38.4 Å². The van der Waals surface area contributed by atoms with E-state index in [1.165, 1.54) is 5.56 Å². The van der Waals surface area contributed by atoms with Gasteiger partial charge in [-0.2, -0.15) is 0 Å². The minimum absolute atomic E-state index is 0.127. The fraction of sp³-hybridized carbons (Fsp3) is 0.385. The number of hydrogen-bond acceptors (Lipinski definition) is 3. The molecule has 4 nitrogen and oxygen atoms in total. The molecule has 0 aliphatic carbocycles. The van der Waals surface area contributed by atoms with Crippen LogP contribution in [0.3, 0.4) is 0 Å². The van der Waals surface area contributed by atoms with E-state index >= 15 is 0 Å². The molecule has 0 radical (unpaired) electrons. The van der Waals surface area contributed by atoms with Crippen molar-refractivity contribution in [2.45, 2.75) is 25.3 Å². The second-order valence-electron chi connectivity index (χ2n) is 4.61. The summed E-state index contributed by atoms with van der Waals surface area (Å²) < 4.78 is 8.56. The van der Waals surface area contributed by atoms with Gasteiger partial charge in [-0.3, -0.25) is 0 Å². The second kappa shape index (κ2) is 5.13. The number of ether oxygens (including phenoxy) is 1. The number of benzene rings is 1. The Hall–Kier alpha value is -1.07. The first-order valence-corrected chi connectivity index (χ1v) is 7.34. The molecule has 3 rings (SSSR count). The highest BCUT2D eigenvalue weighted by atomic mass is 79.9. The van der Waals surface area contributed by atoms with Gasteiger partial charge in [0.25, 0.3) is 0 Å². The van der Waals surface area contributed by atoms with E-state index in [4.69, 9.17) is 16.3 Å². The number of alkyl halides is 1. The van der Waals surface area contributed by atoms with Crippen molar-refractivity contribution < 1.29 is 4.74 Å². The van der Waals surface area contributed by atoms with E-state index in [1.54, 1.807) is 4.68 Å². The lowest BCUT2D eigenvalue weighted by atomic mass is 10.1. The van der Waals surface area contributed by atoms with Gasteiger partial charge < -0.3 is 4.74 Å². The van der Waals surface area contributed by atoms with Gasteiger partial charge in [0.15, 0.2) is 0 Å². The van der Waals surface area contributed by atoms with Crippen LogP contribution in [0, 0.1) is 0 Å². The van der Waals surface area contributed by atoms with Gasteiger partial charge in [0, 0.05) is 16.5 Å². The Balaban J connectivity index is 1.90. The Morgan fingerprint density at radius 1 is 1.53 bits per heavy atom. The Morgan fingerprint density at radius 3 is 3.11 bits per heavy atom. The summed E-state index contributed by atoms with van der Waals surface area (Å²) in [6.45, 7) is 3.27. The molecule has 1 aliphatic heterocycles. The molecular weight excluding hydrogens is 330 g/mol. The summed E-state index contributed by atoms with van der Waals surface area (Å²) in [5, 5.41) is 8.03. The first kappa shape index (κ1) is 12.9. The van der Waals surface area contributed by atoms with Crippen LogP contribution in [0.5, 0.6) is 5.75 Å². The molecule has 0 saturated heterocycles. The van der Waals surface area contributed by atoms with Crippen LogP contribution < -0.4 is 4.74 Å². The Kier molecular flexibility index (Phi) is 3.50. The van der Waals surface area contributed by atoms with Crippen molar-refractivity contribution in [3.05, 3.63) is 39.6 Å². The fourth-order valence-corrected chi connectivity index (χ4v) is 2.86. The highest BCUT2D eigenvalue weighted by Gasteiger charge is 2.18. The maximum atomic E-state index is 5.99. The molecule has 1 aliphatic rings. The Labute approximate surface area is 124 Å². The molecule has 2 aromatic rings. The zero-order valence-electron chi connectivity index (χ0n) is 10.4. The molecule has 100 valence electrons. The standard InChI is InChI=1S/C13H13BrClN3O/c1-8(15)12-7-18(17-16-12)6-10-5-11(14)4-9-2-3-19-13(9)10/h4-5,7-8H,2-3,6H2,1H3. The Morgan fingerprint density at radius 2 is 2.37 bits per heavy atom. The lowest BCUT2D eigenvalue weighted by Crippen LogP contribution is -2.02. The normalized spacial score (nSPS) is 15.1. The number of nitrogens with zero attached hydrogens (tertiary/aromatic N) is 3. The maximum absolute atomic E-state index is 5.99. The molecule has 19 heavy (non-hydrogen) atoms. The zero-order valence-corrected chi connectivity index (χ0v) is 12.8. The van der Waals surface area contributed by atoms with Crippen molar-refractivity contribution in [3.63, 3.8) is 0 Å². The van der Waals surface area contributed by atoms with E-state index in [-0.39, 0.29) is 5.38 Å². The van der Waals surface area contributed by atoms with E-state index in [0.717, 1.165) is 34.5 Å². The zero-order chi connectivity index (χ0) is 13.4. The number of aromatic nitrogens is 3. The minimum atomic E-state index is -0.127. The summed E-state index contributed by atoms with van der Waals surface area (Å²) in [6, 6.07) is 4.18. The third kappa shape index (κ3) is 2.62. The van der Waals surface area contributed by atoms with Crippen molar-refractivity contribution in [3.8, 4) is 5.75 Å². The fourth-order valence-electron chi connectivity index (χ4n) is 2.21. The van der Waals surface area contributed by atoms with Gasteiger partial charge in [0.05, 0.1) is 24.7 Å². The van der Waals surface area contributed by atoms with Gasteiger partial charge in [-0.25, -0.2) is 4.68 Å². The quantitative estimate of drug-likeness (QED) is 0.803. The molecule has 6 heteroatoms. The number of halogens is 2. The smallest absolute Gasteiger partial charge is 0.127 e. The van der Waals surface area contributed by atoms with Crippen LogP contribution in [0.25, 0.3) is 0 Å². The molecule has 0 bridgehead atoms. The Bertz CT molecular complexity index is 612. The monoisotopic (exact) mass is 341 g/mol. The van der Waals surface area contributed by atoms with E-state index < -0.39 is 0 Å².